The number of hydrogen-bond donors (Lipinski definition) is 1. The zero-order valence-electron chi connectivity index (χ0n) is 17.6. The Kier molecular flexibility index (Phi) is 4.66. The van der Waals surface area contributed by atoms with Crippen molar-refractivity contribution in [1.82, 2.24) is 4.98 Å². The predicted molar refractivity (Wildman–Crippen MR) is 112 cm³/mol. The van der Waals surface area contributed by atoms with E-state index in [0.29, 0.717) is 10.8 Å². The fourth-order valence-electron chi connectivity index (χ4n) is 6.00. The van der Waals surface area contributed by atoms with Gasteiger partial charge in [0.2, 0.25) is 0 Å². The van der Waals surface area contributed by atoms with E-state index in [1.165, 1.54) is 17.0 Å². The van der Waals surface area contributed by atoms with Crippen LogP contribution in [0.1, 0.15) is 55.7 Å². The molecule has 2 fully saturated rings. The number of esters is 1. The Morgan fingerprint density at radius 3 is 2.58 bits per heavy atom. The highest BCUT2D eigenvalue weighted by atomic mass is 32.1. The molecule has 6 atom stereocenters. The molecule has 0 unspecified atom stereocenters. The molecule has 1 aliphatic heterocycles. The highest BCUT2D eigenvalue weighted by Crippen LogP contribution is 2.59. The van der Waals surface area contributed by atoms with E-state index in [1.54, 1.807) is 11.3 Å². The molecule has 0 amide bonds. The molecule has 4 nitrogen and oxygen atoms in total. The first-order valence-corrected chi connectivity index (χ1v) is 11.5. The van der Waals surface area contributed by atoms with Crippen molar-refractivity contribution < 1.29 is 22.7 Å². The Morgan fingerprint density at radius 1 is 1.19 bits per heavy atom. The zero-order valence-corrected chi connectivity index (χ0v) is 18.4. The number of nitrogens with zero attached hydrogens (tertiary/aromatic N) is 1. The number of carbonyl (C=O) groups is 1. The van der Waals surface area contributed by atoms with Crippen LogP contribution in [-0.2, 0) is 22.1 Å². The summed E-state index contributed by atoms with van der Waals surface area (Å²) in [6, 6.07) is 5.00. The molecule has 1 aromatic heterocycles. The Labute approximate surface area is 183 Å². The molecule has 0 spiro atoms. The first kappa shape index (κ1) is 20.8. The number of thiazole rings is 1. The summed E-state index contributed by atoms with van der Waals surface area (Å²) in [4.78, 5) is 18.3. The summed E-state index contributed by atoms with van der Waals surface area (Å²) in [5.74, 6) is 0.529. The van der Waals surface area contributed by atoms with Crippen molar-refractivity contribution >= 4 is 28.1 Å². The largest absolute Gasteiger partial charge is 0.461 e. The van der Waals surface area contributed by atoms with E-state index in [2.05, 4.69) is 19.2 Å². The van der Waals surface area contributed by atoms with Gasteiger partial charge in [0.15, 0.2) is 5.13 Å². The molecule has 0 radical (unpaired) electrons. The topological polar surface area (TPSA) is 51.2 Å². The zero-order chi connectivity index (χ0) is 22.1. The van der Waals surface area contributed by atoms with Gasteiger partial charge in [-0.1, -0.05) is 20.8 Å². The number of rotatable bonds is 2. The number of halogens is 3. The van der Waals surface area contributed by atoms with Gasteiger partial charge in [0.05, 0.1) is 17.2 Å². The molecular formula is C23H25F3N2O2S. The number of fused-ring (bicyclic) bond motifs is 4. The Bertz CT molecular complexity index is 1020. The van der Waals surface area contributed by atoms with Gasteiger partial charge < -0.3 is 10.1 Å². The number of aromatic nitrogens is 1. The molecule has 31 heavy (non-hydrogen) atoms. The van der Waals surface area contributed by atoms with E-state index in [1.807, 2.05) is 6.92 Å². The molecule has 1 aromatic carbocycles. The normalized spacial score (nSPS) is 34.5. The summed E-state index contributed by atoms with van der Waals surface area (Å²) in [5, 5.41) is 3.86. The van der Waals surface area contributed by atoms with Crippen molar-refractivity contribution in [2.24, 2.45) is 23.2 Å². The second kappa shape index (κ2) is 6.95. The van der Waals surface area contributed by atoms with E-state index in [-0.39, 0.29) is 41.2 Å². The van der Waals surface area contributed by atoms with Crippen molar-refractivity contribution in [1.29, 1.82) is 0 Å². The van der Waals surface area contributed by atoms with Crippen LogP contribution in [0, 0.1) is 23.2 Å². The number of anilines is 2. The van der Waals surface area contributed by atoms with Gasteiger partial charge in [-0.15, -0.1) is 11.3 Å². The fourth-order valence-corrected chi connectivity index (χ4v) is 7.28. The lowest BCUT2D eigenvalue weighted by molar-refractivity contribution is -0.149. The van der Waals surface area contributed by atoms with Crippen molar-refractivity contribution in [2.45, 2.75) is 58.2 Å². The van der Waals surface area contributed by atoms with Crippen LogP contribution in [0.5, 0.6) is 0 Å². The van der Waals surface area contributed by atoms with Gasteiger partial charge in [-0.25, -0.2) is 4.98 Å². The van der Waals surface area contributed by atoms with Crippen molar-refractivity contribution in [3.8, 4) is 0 Å². The molecule has 1 saturated heterocycles. The average molecular weight is 451 g/mol. The summed E-state index contributed by atoms with van der Waals surface area (Å²) in [5.41, 5.74) is 0.986. The minimum absolute atomic E-state index is 0.0459. The molecule has 2 aromatic rings. The number of hydrogen-bond acceptors (Lipinski definition) is 5. The molecule has 0 bridgehead atoms. The summed E-state index contributed by atoms with van der Waals surface area (Å²) >= 11 is 1.57. The minimum Gasteiger partial charge on any atom is -0.461 e. The van der Waals surface area contributed by atoms with Crippen LogP contribution >= 0.6 is 11.3 Å². The Balaban J connectivity index is 1.41. The molecule has 3 aliphatic rings. The number of nitrogens with one attached hydrogen (secondary N) is 1. The first-order valence-electron chi connectivity index (χ1n) is 10.7. The molecule has 1 saturated carbocycles. The quantitative estimate of drug-likeness (QED) is 0.557. The van der Waals surface area contributed by atoms with Crippen molar-refractivity contribution in [3.63, 3.8) is 0 Å². The molecule has 8 heteroatoms. The summed E-state index contributed by atoms with van der Waals surface area (Å²) in [6.45, 7) is 6.44. The average Bonchev–Trinajstić information content (AvgIpc) is 3.21. The molecule has 2 aliphatic carbocycles. The fraction of sp³-hybridized carbons (Fsp3) is 0.565. The number of benzene rings is 1. The van der Waals surface area contributed by atoms with Gasteiger partial charge in [-0.3, -0.25) is 4.79 Å². The van der Waals surface area contributed by atoms with Gasteiger partial charge in [-0.2, -0.15) is 13.2 Å². The molecule has 166 valence electrons. The highest BCUT2D eigenvalue weighted by Gasteiger charge is 2.58. The maximum atomic E-state index is 12.8. The maximum absolute atomic E-state index is 12.8. The standard InChI is InChI=1S/C23H25F3N2O2S/c1-11-15-8-9-22(3)10-16-18(12(2)17(22)19(15)30-20(11)29)28-21(31-16)27-14-6-4-13(5-7-14)23(24,25)26/h4-7,11-12,15,17,19H,8-10H2,1-3H3,(H,27,28)/t11-,12-,15-,17+,19-,22-/m0/s1. The Hall–Kier alpha value is -2.09. The molecule has 2 heterocycles. The lowest BCUT2D eigenvalue weighted by atomic mass is 9.54. The van der Waals surface area contributed by atoms with Crippen molar-refractivity contribution in [3.05, 3.63) is 40.4 Å². The lowest BCUT2D eigenvalue weighted by Gasteiger charge is -2.51. The van der Waals surface area contributed by atoms with Gasteiger partial charge in [0, 0.05) is 28.3 Å². The second-order valence-corrected chi connectivity index (χ2v) is 10.6. The van der Waals surface area contributed by atoms with Crippen molar-refractivity contribution in [2.75, 3.05) is 5.32 Å². The van der Waals surface area contributed by atoms with Gasteiger partial charge >= 0.3 is 12.1 Å². The van der Waals surface area contributed by atoms with Crippen LogP contribution in [0.2, 0.25) is 0 Å². The first-order chi connectivity index (χ1) is 14.6. The van der Waals surface area contributed by atoms with Gasteiger partial charge in [-0.05, 0) is 48.9 Å². The Morgan fingerprint density at radius 2 is 1.90 bits per heavy atom. The van der Waals surface area contributed by atoms with E-state index in [4.69, 9.17) is 9.72 Å². The third-order valence-corrected chi connectivity index (χ3v) is 8.61. The number of ether oxygens (including phenoxy) is 1. The van der Waals surface area contributed by atoms with E-state index >= 15 is 0 Å². The molecular weight excluding hydrogens is 425 g/mol. The molecule has 1 N–H and O–H groups in total. The summed E-state index contributed by atoms with van der Waals surface area (Å²) in [7, 11) is 0. The van der Waals surface area contributed by atoms with E-state index in [0.717, 1.165) is 37.1 Å². The highest BCUT2D eigenvalue weighted by molar-refractivity contribution is 7.15. The monoisotopic (exact) mass is 450 g/mol. The SMILES string of the molecule is C[C@@H]1C(=O)O[C@H]2[C@H]1CC[C@@]1(C)Cc3sc(Nc4ccc(C(F)(F)F)cc4)nc3[C@@H](C)[C@H]21. The smallest absolute Gasteiger partial charge is 0.416 e. The van der Waals surface area contributed by atoms with Crippen LogP contribution in [0.25, 0.3) is 0 Å². The van der Waals surface area contributed by atoms with Crippen LogP contribution in [0.15, 0.2) is 24.3 Å². The molecule has 5 rings (SSSR count). The predicted octanol–water partition coefficient (Wildman–Crippen LogP) is 6.16. The summed E-state index contributed by atoms with van der Waals surface area (Å²) in [6.07, 6.45) is -1.46. The second-order valence-electron chi connectivity index (χ2n) is 9.57. The number of carbonyl (C=O) groups excluding carboxylic acids is 1. The number of alkyl halides is 3. The lowest BCUT2D eigenvalue weighted by Crippen LogP contribution is -2.50. The van der Waals surface area contributed by atoms with Crippen LogP contribution < -0.4 is 5.32 Å². The summed E-state index contributed by atoms with van der Waals surface area (Å²) < 4.78 is 44.3. The van der Waals surface area contributed by atoms with Crippen LogP contribution in [0.3, 0.4) is 0 Å². The van der Waals surface area contributed by atoms with E-state index in [9.17, 15) is 18.0 Å². The minimum atomic E-state index is -4.35. The van der Waals surface area contributed by atoms with E-state index < -0.39 is 11.7 Å². The van der Waals surface area contributed by atoms with Gasteiger partial charge in [0.25, 0.3) is 0 Å². The van der Waals surface area contributed by atoms with Gasteiger partial charge in [0.1, 0.15) is 6.10 Å². The third kappa shape index (κ3) is 3.34. The van der Waals surface area contributed by atoms with Crippen LogP contribution in [-0.4, -0.2) is 17.1 Å². The third-order valence-electron chi connectivity index (χ3n) is 7.62. The maximum Gasteiger partial charge on any atom is 0.416 e. The van der Waals surface area contributed by atoms with Crippen LogP contribution in [0.4, 0.5) is 24.0 Å².